The zero-order valence-corrected chi connectivity index (χ0v) is 7.97. The lowest BCUT2D eigenvalue weighted by molar-refractivity contribution is 0.639. The van der Waals surface area contributed by atoms with E-state index in [0.29, 0.717) is 10.4 Å². The van der Waals surface area contributed by atoms with E-state index in [1.54, 1.807) is 5.38 Å². The molecule has 0 atom stereocenters. The van der Waals surface area contributed by atoms with Gasteiger partial charge < -0.3 is 0 Å². The van der Waals surface area contributed by atoms with Gasteiger partial charge in [-0.3, -0.25) is 0 Å². The zero-order valence-electron chi connectivity index (χ0n) is 6.40. The number of fused-ring (bicyclic) bond motifs is 1. The van der Waals surface area contributed by atoms with E-state index >= 15 is 0 Å². The van der Waals surface area contributed by atoms with Crippen LogP contribution in [-0.2, 0) is 0 Å². The van der Waals surface area contributed by atoms with Gasteiger partial charge in [-0.1, -0.05) is 11.6 Å². The molecule has 0 aliphatic rings. The lowest BCUT2D eigenvalue weighted by atomic mass is 10.2. The largest absolute Gasteiger partial charge is 0.206 e. The third kappa shape index (κ3) is 1.11. The molecule has 0 radical (unpaired) electrons. The van der Waals surface area contributed by atoms with Crippen LogP contribution < -0.4 is 0 Å². The van der Waals surface area contributed by atoms with Crippen molar-refractivity contribution < 1.29 is 4.39 Å². The molecule has 1 heterocycles. The molecule has 0 saturated heterocycles. The normalized spacial score (nSPS) is 10.9. The number of hydrogen-bond donors (Lipinski definition) is 0. The van der Waals surface area contributed by atoms with Gasteiger partial charge in [0.1, 0.15) is 5.82 Å². The molecule has 0 N–H and O–H groups in total. The Labute approximate surface area is 78.6 Å². The molecule has 0 aliphatic heterocycles. The molecule has 0 unspecified atom stereocenters. The van der Waals surface area contributed by atoms with Crippen molar-refractivity contribution in [3.8, 4) is 0 Å². The SMILES string of the molecule is Cc1cc(F)c2c(Cl)csc2c1. The topological polar surface area (TPSA) is 0 Å². The first-order valence-corrected chi connectivity index (χ1v) is 4.77. The predicted octanol–water partition coefficient (Wildman–Crippen LogP) is 4.00. The van der Waals surface area contributed by atoms with Crippen molar-refractivity contribution in [2.75, 3.05) is 0 Å². The molecule has 12 heavy (non-hydrogen) atoms. The summed E-state index contributed by atoms with van der Waals surface area (Å²) in [5.41, 5.74) is 0.929. The number of hydrogen-bond acceptors (Lipinski definition) is 1. The maximum absolute atomic E-state index is 13.3. The molecule has 0 aliphatic carbocycles. The number of benzene rings is 1. The Morgan fingerprint density at radius 3 is 2.92 bits per heavy atom. The number of halogens is 2. The monoisotopic (exact) mass is 200 g/mol. The van der Waals surface area contributed by atoms with Gasteiger partial charge in [0.2, 0.25) is 0 Å². The van der Waals surface area contributed by atoms with Gasteiger partial charge in [-0.15, -0.1) is 11.3 Å². The van der Waals surface area contributed by atoms with Crippen molar-refractivity contribution in [2.45, 2.75) is 6.92 Å². The Kier molecular flexibility index (Phi) is 1.81. The fraction of sp³-hybridized carbons (Fsp3) is 0.111. The Hall–Kier alpha value is -0.600. The summed E-state index contributed by atoms with van der Waals surface area (Å²) in [5.74, 6) is -0.226. The van der Waals surface area contributed by atoms with Crippen molar-refractivity contribution in [3.05, 3.63) is 33.9 Å². The molecular weight excluding hydrogens is 195 g/mol. The van der Waals surface area contributed by atoms with Gasteiger partial charge in [0.15, 0.2) is 0 Å². The van der Waals surface area contributed by atoms with Gasteiger partial charge in [-0.2, -0.15) is 0 Å². The molecule has 0 bridgehead atoms. The Balaban J connectivity index is 2.93. The molecule has 0 amide bonds. The minimum Gasteiger partial charge on any atom is -0.206 e. The van der Waals surface area contributed by atoms with E-state index in [9.17, 15) is 4.39 Å². The van der Waals surface area contributed by atoms with Crippen LogP contribution in [0.5, 0.6) is 0 Å². The van der Waals surface area contributed by atoms with Crippen LogP contribution >= 0.6 is 22.9 Å². The molecule has 0 spiro atoms. The van der Waals surface area contributed by atoms with Crippen LogP contribution in [-0.4, -0.2) is 0 Å². The van der Waals surface area contributed by atoms with Crippen LogP contribution in [0.4, 0.5) is 4.39 Å². The third-order valence-corrected chi connectivity index (χ3v) is 3.08. The van der Waals surface area contributed by atoms with Crippen LogP contribution in [0.1, 0.15) is 5.56 Å². The fourth-order valence-electron chi connectivity index (χ4n) is 1.21. The first-order chi connectivity index (χ1) is 5.68. The van der Waals surface area contributed by atoms with Crippen LogP contribution in [0.15, 0.2) is 17.5 Å². The smallest absolute Gasteiger partial charge is 0.133 e. The molecule has 62 valence electrons. The second-order valence-corrected chi connectivity index (χ2v) is 4.02. The van der Waals surface area contributed by atoms with Crippen molar-refractivity contribution in [2.24, 2.45) is 0 Å². The van der Waals surface area contributed by atoms with E-state index < -0.39 is 0 Å². The number of rotatable bonds is 0. The number of thiophene rings is 1. The van der Waals surface area contributed by atoms with Crippen molar-refractivity contribution in [3.63, 3.8) is 0 Å². The van der Waals surface area contributed by atoms with Crippen molar-refractivity contribution >= 4 is 33.0 Å². The van der Waals surface area contributed by atoms with E-state index in [4.69, 9.17) is 11.6 Å². The molecule has 1 aromatic carbocycles. The van der Waals surface area contributed by atoms with E-state index in [-0.39, 0.29) is 5.82 Å². The van der Waals surface area contributed by atoms with Crippen LogP contribution in [0, 0.1) is 12.7 Å². The molecule has 0 nitrogen and oxygen atoms in total. The van der Waals surface area contributed by atoms with E-state index in [2.05, 4.69) is 0 Å². The second kappa shape index (κ2) is 2.71. The summed E-state index contributed by atoms with van der Waals surface area (Å²) < 4.78 is 14.2. The van der Waals surface area contributed by atoms with Gasteiger partial charge in [0, 0.05) is 15.5 Å². The van der Waals surface area contributed by atoms with Crippen molar-refractivity contribution in [1.82, 2.24) is 0 Å². The van der Waals surface area contributed by atoms with E-state index in [1.165, 1.54) is 17.4 Å². The first-order valence-electron chi connectivity index (χ1n) is 3.51. The minimum atomic E-state index is -0.226. The zero-order chi connectivity index (χ0) is 8.72. The highest BCUT2D eigenvalue weighted by atomic mass is 35.5. The first kappa shape index (κ1) is 8.02. The standard InChI is InChI=1S/C9H6ClFS/c1-5-2-7(11)9-6(10)4-12-8(9)3-5/h2-4H,1H3. The highest BCUT2D eigenvalue weighted by Gasteiger charge is 2.07. The van der Waals surface area contributed by atoms with Gasteiger partial charge >= 0.3 is 0 Å². The quantitative estimate of drug-likeness (QED) is 0.603. The Morgan fingerprint density at radius 2 is 2.17 bits per heavy atom. The lowest BCUT2D eigenvalue weighted by Crippen LogP contribution is -1.77. The molecule has 0 fully saturated rings. The molecule has 2 rings (SSSR count). The Morgan fingerprint density at radius 1 is 1.42 bits per heavy atom. The molecular formula is C9H6ClFS. The highest BCUT2D eigenvalue weighted by Crippen LogP contribution is 2.32. The predicted molar refractivity (Wildman–Crippen MR) is 51.5 cm³/mol. The lowest BCUT2D eigenvalue weighted by Gasteiger charge is -1.95. The average molecular weight is 201 g/mol. The van der Waals surface area contributed by atoms with Gasteiger partial charge in [-0.05, 0) is 24.6 Å². The van der Waals surface area contributed by atoms with Gasteiger partial charge in [0.05, 0.1) is 5.02 Å². The molecule has 0 saturated carbocycles. The fourth-order valence-corrected chi connectivity index (χ4v) is 2.52. The van der Waals surface area contributed by atoms with Crippen molar-refractivity contribution in [1.29, 1.82) is 0 Å². The van der Waals surface area contributed by atoms with Gasteiger partial charge in [-0.25, -0.2) is 4.39 Å². The molecule has 3 heteroatoms. The van der Waals surface area contributed by atoms with Crippen LogP contribution in [0.2, 0.25) is 5.02 Å². The summed E-state index contributed by atoms with van der Waals surface area (Å²) >= 11 is 7.27. The summed E-state index contributed by atoms with van der Waals surface area (Å²) in [6.07, 6.45) is 0. The number of aryl methyl sites for hydroxylation is 1. The summed E-state index contributed by atoms with van der Waals surface area (Å²) in [6.45, 7) is 1.87. The summed E-state index contributed by atoms with van der Waals surface area (Å²) in [7, 11) is 0. The summed E-state index contributed by atoms with van der Waals surface area (Å²) in [5, 5.41) is 2.81. The third-order valence-electron chi connectivity index (χ3n) is 1.73. The Bertz CT molecular complexity index is 433. The maximum Gasteiger partial charge on any atom is 0.133 e. The maximum atomic E-state index is 13.3. The average Bonchev–Trinajstić information content (AvgIpc) is 2.31. The van der Waals surface area contributed by atoms with Crippen LogP contribution in [0.25, 0.3) is 10.1 Å². The minimum absolute atomic E-state index is 0.226. The second-order valence-electron chi connectivity index (χ2n) is 2.70. The van der Waals surface area contributed by atoms with E-state index in [1.807, 2.05) is 13.0 Å². The molecule has 2 aromatic rings. The van der Waals surface area contributed by atoms with Crippen LogP contribution in [0.3, 0.4) is 0 Å². The molecule has 1 aromatic heterocycles. The highest BCUT2D eigenvalue weighted by molar-refractivity contribution is 7.17. The van der Waals surface area contributed by atoms with E-state index in [0.717, 1.165) is 10.3 Å². The summed E-state index contributed by atoms with van der Waals surface area (Å²) in [6, 6.07) is 3.44. The van der Waals surface area contributed by atoms with Gasteiger partial charge in [0.25, 0.3) is 0 Å². The summed E-state index contributed by atoms with van der Waals surface area (Å²) in [4.78, 5) is 0.